The van der Waals surface area contributed by atoms with Crippen LogP contribution in [0.25, 0.3) is 0 Å². The number of ether oxygens (including phenoxy) is 2. The lowest BCUT2D eigenvalue weighted by molar-refractivity contribution is -0.139. The van der Waals surface area contributed by atoms with Crippen LogP contribution in [0.3, 0.4) is 0 Å². The molecule has 4 N–H and O–H groups in total. The second-order valence-electron chi connectivity index (χ2n) is 5.97. The van der Waals surface area contributed by atoms with Crippen LogP contribution in [0.5, 0.6) is 0 Å². The Kier molecular flexibility index (Phi) is 6.08. The number of rotatable bonds is 6. The Morgan fingerprint density at radius 2 is 2.03 bits per heavy atom. The number of nitrogens with one attached hydrogen (secondary N) is 2. The molecule has 2 heterocycles. The summed E-state index contributed by atoms with van der Waals surface area (Å²) in [6.45, 7) is 1.38. The molecule has 3 rings (SSSR count). The third kappa shape index (κ3) is 4.52. The molecule has 0 aliphatic carbocycles. The van der Waals surface area contributed by atoms with Gasteiger partial charge in [-0.1, -0.05) is 11.6 Å². The Balaban J connectivity index is 1.89. The van der Waals surface area contributed by atoms with E-state index in [0.29, 0.717) is 10.8 Å². The summed E-state index contributed by atoms with van der Waals surface area (Å²) in [6, 6.07) is 6.08. The van der Waals surface area contributed by atoms with E-state index < -0.39 is 24.0 Å². The van der Waals surface area contributed by atoms with E-state index >= 15 is 0 Å². The van der Waals surface area contributed by atoms with Gasteiger partial charge in [-0.05, 0) is 37.3 Å². The summed E-state index contributed by atoms with van der Waals surface area (Å²) in [5.41, 5.74) is 6.19. The van der Waals surface area contributed by atoms with E-state index in [1.807, 2.05) is 0 Å². The van der Waals surface area contributed by atoms with E-state index in [4.69, 9.17) is 31.2 Å². The largest absolute Gasteiger partial charge is 0.467 e. The number of amides is 2. The van der Waals surface area contributed by atoms with Crippen molar-refractivity contribution in [3.8, 4) is 0 Å². The number of nitrogen functional groups attached to an aromatic ring is 1. The number of carbonyl (C=O) groups excluding carboxylic acids is 3. The van der Waals surface area contributed by atoms with Crippen LogP contribution in [-0.2, 0) is 14.3 Å². The number of benzene rings is 1. The first-order chi connectivity index (χ1) is 13.9. The number of halogens is 1. The van der Waals surface area contributed by atoms with Crippen molar-refractivity contribution in [1.82, 2.24) is 10.6 Å². The van der Waals surface area contributed by atoms with Crippen molar-refractivity contribution in [2.45, 2.75) is 13.0 Å². The van der Waals surface area contributed by atoms with Gasteiger partial charge in [0.15, 0.2) is 0 Å². The van der Waals surface area contributed by atoms with Crippen LogP contribution in [0.4, 0.5) is 10.5 Å². The molecular weight excluding hydrogens is 402 g/mol. The second-order valence-corrected chi connectivity index (χ2v) is 6.40. The molecule has 0 fully saturated rings. The fourth-order valence-electron chi connectivity index (χ4n) is 2.79. The number of esters is 2. The topological polar surface area (TPSA) is 133 Å². The Labute approximate surface area is 170 Å². The quantitative estimate of drug-likeness (QED) is 0.484. The molecule has 0 saturated heterocycles. The molecule has 1 aliphatic heterocycles. The zero-order valence-electron chi connectivity index (χ0n) is 15.4. The molecule has 2 amide bonds. The predicted molar refractivity (Wildman–Crippen MR) is 103 cm³/mol. The van der Waals surface area contributed by atoms with Crippen LogP contribution in [0.2, 0.25) is 5.02 Å². The molecule has 29 heavy (non-hydrogen) atoms. The summed E-state index contributed by atoms with van der Waals surface area (Å²) in [4.78, 5) is 37.0. The molecule has 1 atom stereocenters. The van der Waals surface area contributed by atoms with Crippen molar-refractivity contribution < 1.29 is 28.3 Å². The number of carbonyl (C=O) groups is 3. The van der Waals surface area contributed by atoms with Crippen molar-refractivity contribution in [3.63, 3.8) is 0 Å². The van der Waals surface area contributed by atoms with Gasteiger partial charge in [0.1, 0.15) is 18.4 Å². The van der Waals surface area contributed by atoms with Crippen molar-refractivity contribution in [3.05, 3.63) is 64.2 Å². The first-order valence-corrected chi connectivity index (χ1v) is 9.01. The normalized spacial score (nSPS) is 16.1. The first kappa shape index (κ1) is 20.3. The molecule has 1 unspecified atom stereocenters. The molecule has 2 aromatic rings. The van der Waals surface area contributed by atoms with Crippen molar-refractivity contribution in [2.24, 2.45) is 0 Å². The number of anilines is 1. The molecule has 1 aromatic heterocycles. The van der Waals surface area contributed by atoms with E-state index in [-0.39, 0.29) is 35.7 Å². The maximum Gasteiger partial charge on any atom is 0.340 e. The minimum atomic E-state index is -0.896. The number of urea groups is 1. The van der Waals surface area contributed by atoms with Crippen molar-refractivity contribution in [2.75, 3.05) is 18.9 Å². The van der Waals surface area contributed by atoms with Gasteiger partial charge in [-0.3, -0.25) is 0 Å². The summed E-state index contributed by atoms with van der Waals surface area (Å²) >= 11 is 5.83. The monoisotopic (exact) mass is 419 g/mol. The fraction of sp³-hybridized carbons (Fsp3) is 0.211. The average Bonchev–Trinajstić information content (AvgIpc) is 3.20. The van der Waals surface area contributed by atoms with Crippen LogP contribution in [0.1, 0.15) is 29.1 Å². The van der Waals surface area contributed by atoms with E-state index in [0.717, 1.165) is 0 Å². The minimum Gasteiger partial charge on any atom is -0.467 e. The van der Waals surface area contributed by atoms with Crippen molar-refractivity contribution >= 4 is 35.3 Å². The van der Waals surface area contributed by atoms with Crippen LogP contribution in [0.15, 0.2) is 52.3 Å². The maximum atomic E-state index is 12.5. The zero-order valence-corrected chi connectivity index (χ0v) is 16.1. The molecular formula is C19H18ClN3O6. The number of hydrogen-bond donors (Lipinski definition) is 3. The molecule has 0 bridgehead atoms. The van der Waals surface area contributed by atoms with Gasteiger partial charge in [0.05, 0.1) is 29.7 Å². The van der Waals surface area contributed by atoms with E-state index in [1.165, 1.54) is 24.5 Å². The Morgan fingerprint density at radius 3 is 2.69 bits per heavy atom. The van der Waals surface area contributed by atoms with Crippen LogP contribution >= 0.6 is 11.6 Å². The van der Waals surface area contributed by atoms with Gasteiger partial charge >= 0.3 is 18.0 Å². The van der Waals surface area contributed by atoms with E-state index in [9.17, 15) is 14.4 Å². The number of furan rings is 1. The summed E-state index contributed by atoms with van der Waals surface area (Å²) < 4.78 is 15.7. The van der Waals surface area contributed by atoms with Gasteiger partial charge in [0.25, 0.3) is 0 Å². The Morgan fingerprint density at radius 1 is 1.24 bits per heavy atom. The highest BCUT2D eigenvalue weighted by atomic mass is 35.5. The summed E-state index contributed by atoms with van der Waals surface area (Å²) in [5, 5.41) is 5.45. The minimum absolute atomic E-state index is 0.0679. The molecule has 0 spiro atoms. The second kappa shape index (κ2) is 8.70. The number of nitrogens with two attached hydrogens (primary N) is 1. The molecule has 10 heteroatoms. The number of hydrogen-bond acceptors (Lipinski definition) is 7. The average molecular weight is 420 g/mol. The lowest BCUT2D eigenvalue weighted by Gasteiger charge is -2.27. The third-order valence-corrected chi connectivity index (χ3v) is 4.29. The highest BCUT2D eigenvalue weighted by molar-refractivity contribution is 6.31. The molecule has 9 nitrogen and oxygen atoms in total. The van der Waals surface area contributed by atoms with Gasteiger partial charge in [-0.2, -0.15) is 0 Å². The SMILES string of the molecule is CCOC(=O)C1=C(COC(=O)c2ccc(Cl)cc2N)NC(=O)NC1c1ccco1. The standard InChI is InChI=1S/C19H18ClN3O6/c1-2-27-18(25)15-13(22-19(26)23-16(15)14-4-3-7-28-14)9-29-17(24)11-6-5-10(20)8-12(11)21/h3-8,16H,2,9,21H2,1H3,(H2,22,23,26). The molecule has 1 aromatic carbocycles. The molecule has 0 radical (unpaired) electrons. The van der Waals surface area contributed by atoms with Gasteiger partial charge in [-0.15, -0.1) is 0 Å². The lowest BCUT2D eigenvalue weighted by atomic mass is 10.0. The van der Waals surface area contributed by atoms with Gasteiger partial charge < -0.3 is 30.3 Å². The van der Waals surface area contributed by atoms with Crippen molar-refractivity contribution in [1.29, 1.82) is 0 Å². The van der Waals surface area contributed by atoms with E-state index in [2.05, 4.69) is 10.6 Å². The van der Waals surface area contributed by atoms with Gasteiger partial charge in [0.2, 0.25) is 0 Å². The maximum absolute atomic E-state index is 12.5. The summed E-state index contributed by atoms with van der Waals surface area (Å²) in [7, 11) is 0. The fourth-order valence-corrected chi connectivity index (χ4v) is 2.97. The highest BCUT2D eigenvalue weighted by Crippen LogP contribution is 2.28. The zero-order chi connectivity index (χ0) is 21.0. The van der Waals surface area contributed by atoms with Crippen LogP contribution < -0.4 is 16.4 Å². The highest BCUT2D eigenvalue weighted by Gasteiger charge is 2.35. The summed E-state index contributed by atoms with van der Waals surface area (Å²) in [5.74, 6) is -1.09. The molecule has 152 valence electrons. The lowest BCUT2D eigenvalue weighted by Crippen LogP contribution is -2.47. The first-order valence-electron chi connectivity index (χ1n) is 8.64. The van der Waals surface area contributed by atoms with Crippen LogP contribution in [0, 0.1) is 0 Å². The van der Waals surface area contributed by atoms with E-state index in [1.54, 1.807) is 19.1 Å². The Bertz CT molecular complexity index is 970. The van der Waals surface area contributed by atoms with Crippen LogP contribution in [-0.4, -0.2) is 31.2 Å². The smallest absolute Gasteiger partial charge is 0.340 e. The Hall–Kier alpha value is -3.46. The molecule has 0 saturated carbocycles. The predicted octanol–water partition coefficient (Wildman–Crippen LogP) is 2.54. The third-order valence-electron chi connectivity index (χ3n) is 4.06. The van der Waals surface area contributed by atoms with Gasteiger partial charge in [-0.25, -0.2) is 14.4 Å². The van der Waals surface area contributed by atoms with Gasteiger partial charge in [0, 0.05) is 10.7 Å². The molecule has 1 aliphatic rings. The summed E-state index contributed by atoms with van der Waals surface area (Å²) in [6.07, 6.45) is 1.41.